The predicted molar refractivity (Wildman–Crippen MR) is 80.7 cm³/mol. The van der Waals surface area contributed by atoms with Crippen LogP contribution in [0.2, 0.25) is 0 Å². The Labute approximate surface area is 126 Å². The summed E-state index contributed by atoms with van der Waals surface area (Å²) >= 11 is 3.38. The maximum Gasteiger partial charge on any atom is 0.163 e. The molecule has 0 spiro atoms. The zero-order valence-electron chi connectivity index (χ0n) is 11.4. The Morgan fingerprint density at radius 2 is 1.70 bits per heavy atom. The van der Waals surface area contributed by atoms with Crippen molar-refractivity contribution in [1.29, 1.82) is 0 Å². The summed E-state index contributed by atoms with van der Waals surface area (Å²) in [5, 5.41) is 3.05. The molecular weight excluding hydrogens is 324 g/mol. The molecule has 0 saturated carbocycles. The molecule has 2 rings (SSSR count). The van der Waals surface area contributed by atoms with E-state index in [9.17, 15) is 8.78 Å². The molecule has 0 aliphatic carbocycles. The van der Waals surface area contributed by atoms with Crippen LogP contribution in [0.25, 0.3) is 0 Å². The van der Waals surface area contributed by atoms with Gasteiger partial charge >= 0.3 is 0 Å². The summed E-state index contributed by atoms with van der Waals surface area (Å²) in [6.07, 6.45) is 0.600. The molecular formula is C16H16BrF2N. The smallest absolute Gasteiger partial charge is 0.163 e. The highest BCUT2D eigenvalue weighted by Crippen LogP contribution is 2.25. The van der Waals surface area contributed by atoms with E-state index < -0.39 is 11.6 Å². The fourth-order valence-electron chi connectivity index (χ4n) is 2.15. The van der Waals surface area contributed by atoms with Gasteiger partial charge in [-0.15, -0.1) is 0 Å². The Kier molecular flexibility index (Phi) is 4.89. The number of aryl methyl sites for hydroxylation is 1. The van der Waals surface area contributed by atoms with Gasteiger partial charge in [0.1, 0.15) is 0 Å². The summed E-state index contributed by atoms with van der Waals surface area (Å²) in [5.41, 5.74) is 1.75. The first-order chi connectivity index (χ1) is 9.52. The van der Waals surface area contributed by atoms with Gasteiger partial charge in [0.25, 0.3) is 0 Å². The zero-order chi connectivity index (χ0) is 14.7. The van der Waals surface area contributed by atoms with Gasteiger partial charge in [0, 0.05) is 16.1 Å². The van der Waals surface area contributed by atoms with Crippen molar-refractivity contribution in [1.82, 2.24) is 5.32 Å². The Hall–Kier alpha value is -1.26. The first-order valence-electron chi connectivity index (χ1n) is 6.39. The average molecular weight is 340 g/mol. The van der Waals surface area contributed by atoms with Crippen molar-refractivity contribution in [2.24, 2.45) is 0 Å². The van der Waals surface area contributed by atoms with Gasteiger partial charge in [0.05, 0.1) is 0 Å². The minimum absolute atomic E-state index is 0.258. The molecule has 1 unspecified atom stereocenters. The fraction of sp³-hybridized carbons (Fsp3) is 0.250. The van der Waals surface area contributed by atoms with Gasteiger partial charge in [-0.05, 0) is 43.7 Å². The Morgan fingerprint density at radius 1 is 1.05 bits per heavy atom. The lowest BCUT2D eigenvalue weighted by atomic mass is 9.97. The molecule has 1 nitrogen and oxygen atoms in total. The van der Waals surface area contributed by atoms with Gasteiger partial charge in [-0.1, -0.05) is 40.2 Å². The monoisotopic (exact) mass is 339 g/mol. The molecule has 0 heterocycles. The lowest BCUT2D eigenvalue weighted by Gasteiger charge is -2.18. The Balaban J connectivity index is 2.29. The second-order valence-electron chi connectivity index (χ2n) is 4.77. The molecule has 1 atom stereocenters. The molecule has 1 N–H and O–H groups in total. The van der Waals surface area contributed by atoms with Crippen LogP contribution in [0.1, 0.15) is 22.7 Å². The standard InChI is InChI=1S/C16H16BrF2N/c1-10-3-8-13(16(19)15(10)18)14(20-2)9-11-4-6-12(17)7-5-11/h3-8,14,20H,9H2,1-2H3. The highest BCUT2D eigenvalue weighted by Gasteiger charge is 2.18. The molecule has 0 amide bonds. The van der Waals surface area contributed by atoms with E-state index in [4.69, 9.17) is 0 Å². The molecule has 106 valence electrons. The van der Waals surface area contributed by atoms with Crippen molar-refractivity contribution in [2.45, 2.75) is 19.4 Å². The lowest BCUT2D eigenvalue weighted by molar-refractivity contribution is 0.469. The number of benzene rings is 2. The van der Waals surface area contributed by atoms with E-state index in [2.05, 4.69) is 21.2 Å². The van der Waals surface area contributed by atoms with Crippen molar-refractivity contribution >= 4 is 15.9 Å². The molecule has 4 heteroatoms. The Bertz CT molecular complexity index is 596. The predicted octanol–water partition coefficient (Wildman–Crippen LogP) is 4.54. The molecule has 20 heavy (non-hydrogen) atoms. The van der Waals surface area contributed by atoms with Gasteiger partial charge in [0.2, 0.25) is 0 Å². The van der Waals surface area contributed by atoms with Gasteiger partial charge in [0.15, 0.2) is 11.6 Å². The number of hydrogen-bond acceptors (Lipinski definition) is 1. The minimum atomic E-state index is -0.765. The molecule has 0 bridgehead atoms. The van der Waals surface area contributed by atoms with Crippen LogP contribution in [0, 0.1) is 18.6 Å². The first kappa shape index (κ1) is 15.1. The van der Waals surface area contributed by atoms with Gasteiger partial charge in [-0.2, -0.15) is 0 Å². The van der Waals surface area contributed by atoms with E-state index in [1.54, 1.807) is 26.1 Å². The van der Waals surface area contributed by atoms with E-state index in [0.29, 0.717) is 17.5 Å². The van der Waals surface area contributed by atoms with Crippen LogP contribution in [0.3, 0.4) is 0 Å². The van der Waals surface area contributed by atoms with Crippen LogP contribution < -0.4 is 5.32 Å². The van der Waals surface area contributed by atoms with Gasteiger partial charge in [-0.3, -0.25) is 0 Å². The van der Waals surface area contributed by atoms with E-state index in [1.165, 1.54) is 0 Å². The molecule has 0 radical (unpaired) electrons. The summed E-state index contributed by atoms with van der Waals surface area (Å²) in [5.74, 6) is -1.53. The molecule has 0 saturated heterocycles. The van der Waals surface area contributed by atoms with Crippen LogP contribution in [-0.2, 0) is 6.42 Å². The average Bonchev–Trinajstić information content (AvgIpc) is 2.45. The van der Waals surface area contributed by atoms with E-state index in [1.807, 2.05) is 24.3 Å². The van der Waals surface area contributed by atoms with Crippen LogP contribution in [0.5, 0.6) is 0 Å². The van der Waals surface area contributed by atoms with E-state index >= 15 is 0 Å². The molecule has 0 fully saturated rings. The molecule has 2 aromatic carbocycles. The van der Waals surface area contributed by atoms with E-state index in [-0.39, 0.29) is 6.04 Å². The van der Waals surface area contributed by atoms with Gasteiger partial charge < -0.3 is 5.32 Å². The minimum Gasteiger partial charge on any atom is -0.313 e. The summed E-state index contributed by atoms with van der Waals surface area (Å²) in [6.45, 7) is 1.56. The first-order valence-corrected chi connectivity index (χ1v) is 7.18. The van der Waals surface area contributed by atoms with Gasteiger partial charge in [-0.25, -0.2) is 8.78 Å². The summed E-state index contributed by atoms with van der Waals surface area (Å²) in [7, 11) is 1.75. The highest BCUT2D eigenvalue weighted by molar-refractivity contribution is 9.10. The third kappa shape index (κ3) is 3.25. The van der Waals surface area contributed by atoms with Crippen molar-refractivity contribution in [3.8, 4) is 0 Å². The third-order valence-corrected chi connectivity index (χ3v) is 3.91. The number of halogens is 3. The number of nitrogens with one attached hydrogen (secondary N) is 1. The lowest BCUT2D eigenvalue weighted by Crippen LogP contribution is -2.20. The highest BCUT2D eigenvalue weighted by atomic mass is 79.9. The van der Waals surface area contributed by atoms with Crippen molar-refractivity contribution in [2.75, 3.05) is 7.05 Å². The quantitative estimate of drug-likeness (QED) is 0.862. The summed E-state index contributed by atoms with van der Waals surface area (Å²) in [4.78, 5) is 0. The number of likely N-dealkylation sites (N-methyl/N-ethyl adjacent to an activating group) is 1. The second-order valence-corrected chi connectivity index (χ2v) is 5.69. The van der Waals surface area contributed by atoms with Crippen LogP contribution in [0.15, 0.2) is 40.9 Å². The number of hydrogen-bond donors (Lipinski definition) is 1. The largest absolute Gasteiger partial charge is 0.313 e. The van der Waals surface area contributed by atoms with Crippen LogP contribution in [-0.4, -0.2) is 7.05 Å². The fourth-order valence-corrected chi connectivity index (χ4v) is 2.42. The van der Waals surface area contributed by atoms with Crippen molar-refractivity contribution in [3.63, 3.8) is 0 Å². The summed E-state index contributed by atoms with van der Waals surface area (Å²) < 4.78 is 28.7. The normalized spacial score (nSPS) is 12.4. The third-order valence-electron chi connectivity index (χ3n) is 3.38. The second kappa shape index (κ2) is 6.46. The summed E-state index contributed by atoms with van der Waals surface area (Å²) in [6, 6.07) is 10.8. The molecule has 0 aliphatic rings. The molecule has 2 aromatic rings. The molecule has 0 aromatic heterocycles. The maximum absolute atomic E-state index is 14.0. The maximum atomic E-state index is 14.0. The van der Waals surface area contributed by atoms with E-state index in [0.717, 1.165) is 10.0 Å². The van der Waals surface area contributed by atoms with Crippen LogP contribution in [0.4, 0.5) is 8.78 Å². The Morgan fingerprint density at radius 3 is 2.30 bits per heavy atom. The number of rotatable bonds is 4. The molecule has 0 aliphatic heterocycles. The van der Waals surface area contributed by atoms with Crippen LogP contribution >= 0.6 is 15.9 Å². The van der Waals surface area contributed by atoms with Crippen molar-refractivity contribution < 1.29 is 8.78 Å². The SMILES string of the molecule is CNC(Cc1ccc(Br)cc1)c1ccc(C)c(F)c1F. The zero-order valence-corrected chi connectivity index (χ0v) is 13.0. The topological polar surface area (TPSA) is 12.0 Å². The van der Waals surface area contributed by atoms with Crippen molar-refractivity contribution in [3.05, 3.63) is 69.2 Å².